The second-order valence-electron chi connectivity index (χ2n) is 8.57. The van der Waals surface area contributed by atoms with E-state index in [1.54, 1.807) is 13.8 Å². The van der Waals surface area contributed by atoms with E-state index in [1.165, 1.54) is 24.4 Å². The van der Waals surface area contributed by atoms with Gasteiger partial charge in [-0.1, -0.05) is 11.6 Å². The number of urea groups is 1. The predicted molar refractivity (Wildman–Crippen MR) is 123 cm³/mol. The smallest absolute Gasteiger partial charge is 0.404 e. The third-order valence-corrected chi connectivity index (χ3v) is 5.81. The van der Waals surface area contributed by atoms with Crippen molar-refractivity contribution >= 4 is 40.7 Å². The zero-order chi connectivity index (χ0) is 26.4. The maximum Gasteiger partial charge on any atom is 0.404 e. The summed E-state index contributed by atoms with van der Waals surface area (Å²) in [5.74, 6) is 0.0980. The van der Waals surface area contributed by atoms with Gasteiger partial charge < -0.3 is 20.5 Å². The zero-order valence-electron chi connectivity index (χ0n) is 19.2. The first-order valence-corrected chi connectivity index (χ1v) is 11.0. The molecule has 0 radical (unpaired) electrons. The van der Waals surface area contributed by atoms with Gasteiger partial charge >= 0.3 is 18.3 Å². The lowest BCUT2D eigenvalue weighted by Crippen LogP contribution is -2.46. The topological polar surface area (TPSA) is 134 Å². The van der Waals surface area contributed by atoms with Crippen LogP contribution < -0.4 is 20.3 Å². The number of pyridine rings is 1. The molecule has 0 saturated heterocycles. The minimum atomic E-state index is -4.71. The van der Waals surface area contributed by atoms with Crippen molar-refractivity contribution in [3.63, 3.8) is 0 Å². The van der Waals surface area contributed by atoms with E-state index in [-0.39, 0.29) is 40.4 Å². The third-order valence-electron chi connectivity index (χ3n) is 5.63. The fourth-order valence-electron chi connectivity index (χ4n) is 3.93. The van der Waals surface area contributed by atoms with Gasteiger partial charge in [0.15, 0.2) is 10.8 Å². The first kappa shape index (κ1) is 25.3. The van der Waals surface area contributed by atoms with Crippen LogP contribution in [-0.4, -0.2) is 62.2 Å². The predicted octanol–water partition coefficient (Wildman–Crippen LogP) is 3.99. The number of hydrogen-bond acceptors (Lipinski definition) is 6. The Balaban J connectivity index is 1.62. The van der Waals surface area contributed by atoms with Crippen LogP contribution in [0.25, 0.3) is 5.65 Å². The first-order valence-electron chi connectivity index (χ1n) is 10.6. The number of halogens is 4. The molecule has 3 N–H and O–H groups in total. The minimum Gasteiger partial charge on any atom is -0.475 e. The van der Waals surface area contributed by atoms with E-state index in [1.807, 2.05) is 0 Å². The van der Waals surface area contributed by atoms with Crippen molar-refractivity contribution in [3.8, 4) is 5.88 Å². The Kier molecular flexibility index (Phi) is 6.32. The number of nitrogens with zero attached hydrogens (tertiary/aromatic N) is 5. The molecule has 3 aromatic heterocycles. The van der Waals surface area contributed by atoms with E-state index in [4.69, 9.17) is 21.4 Å². The summed E-state index contributed by atoms with van der Waals surface area (Å²) in [6.07, 6.45) is -4.74. The molecular weight excluding hydrogens is 507 g/mol. The number of carbonyl (C=O) groups excluding carboxylic acids is 1. The summed E-state index contributed by atoms with van der Waals surface area (Å²) in [6, 6.07) is 2.85. The summed E-state index contributed by atoms with van der Waals surface area (Å²) in [6.45, 7) is 3.47. The molecule has 3 amide bonds. The number of aromatic nitrogens is 4. The molecule has 0 aliphatic carbocycles. The van der Waals surface area contributed by atoms with Gasteiger partial charge in [0.05, 0.1) is 23.6 Å². The summed E-state index contributed by atoms with van der Waals surface area (Å²) >= 11 is 5.90. The molecule has 2 atom stereocenters. The monoisotopic (exact) mass is 527 g/mol. The maximum absolute atomic E-state index is 14.2. The molecule has 0 fully saturated rings. The van der Waals surface area contributed by atoms with Crippen LogP contribution >= 0.6 is 11.6 Å². The molecule has 36 heavy (non-hydrogen) atoms. The highest BCUT2D eigenvalue weighted by Crippen LogP contribution is 2.50. The Hall–Kier alpha value is -3.81. The summed E-state index contributed by atoms with van der Waals surface area (Å²) < 4.78 is 49.2. The highest BCUT2D eigenvalue weighted by molar-refractivity contribution is 6.29. The lowest BCUT2D eigenvalue weighted by Gasteiger charge is -2.28. The Morgan fingerprint density at radius 1 is 1.33 bits per heavy atom. The number of aryl methyl sites for hydroxylation is 1. The van der Waals surface area contributed by atoms with Crippen molar-refractivity contribution < 1.29 is 32.6 Å². The molecule has 4 rings (SSSR count). The van der Waals surface area contributed by atoms with Crippen LogP contribution in [0.3, 0.4) is 0 Å². The van der Waals surface area contributed by atoms with E-state index in [2.05, 4.69) is 25.7 Å². The summed E-state index contributed by atoms with van der Waals surface area (Å²) in [7, 11) is 0. The van der Waals surface area contributed by atoms with Crippen molar-refractivity contribution in [1.82, 2.24) is 24.9 Å². The number of carbonyl (C=O) groups is 2. The Morgan fingerprint density at radius 2 is 2.06 bits per heavy atom. The molecule has 4 heterocycles. The fourth-order valence-corrected chi connectivity index (χ4v) is 4.10. The Morgan fingerprint density at radius 3 is 2.72 bits per heavy atom. The lowest BCUT2D eigenvalue weighted by atomic mass is 9.88. The number of nitrogens with one attached hydrogen (secondary N) is 2. The van der Waals surface area contributed by atoms with Gasteiger partial charge in [0, 0.05) is 30.1 Å². The van der Waals surface area contributed by atoms with Gasteiger partial charge in [-0.3, -0.25) is 4.90 Å². The minimum absolute atomic E-state index is 0.0315. The number of rotatable bonds is 5. The largest absolute Gasteiger partial charge is 0.475 e. The van der Waals surface area contributed by atoms with Gasteiger partial charge in [-0.2, -0.15) is 18.3 Å². The first-order chi connectivity index (χ1) is 16.8. The average molecular weight is 528 g/mol. The number of amides is 3. The van der Waals surface area contributed by atoms with E-state index >= 15 is 0 Å². The van der Waals surface area contributed by atoms with Crippen molar-refractivity contribution in [2.24, 2.45) is 0 Å². The fraction of sp³-hybridized carbons (Fsp3) is 0.381. The Bertz CT molecular complexity index is 1350. The van der Waals surface area contributed by atoms with Gasteiger partial charge in [0.1, 0.15) is 12.0 Å². The SMILES string of the molecule is Cc1cc(NC(=O)N2C[C@@](C)(C(F)(F)F)c3c2cnc2cc(Cl)nn32)cc(OC[C@H](C)NC(=O)O)n1. The molecular formula is C21H21ClF3N7O4. The second kappa shape index (κ2) is 9.00. The van der Waals surface area contributed by atoms with Crippen LogP contribution in [0.2, 0.25) is 5.15 Å². The Labute approximate surface area is 207 Å². The number of hydrogen-bond donors (Lipinski definition) is 3. The standard InChI is InChI=1S/C21H21ClF3N7O4/c1-10-4-12(5-16(27-10)36-8-11(2)28-19(34)35)29-18(33)31-9-20(3,21(23,24)25)17-13(31)7-26-15-6-14(22)30-32(15)17/h4-7,11,28H,8-9H2,1-3H3,(H,34,35)(H,27,29,33)/t11-,20+/m0/s1. The third kappa shape index (κ3) is 4.67. The molecule has 3 aromatic rings. The van der Waals surface area contributed by atoms with Crippen molar-refractivity contribution in [2.45, 2.75) is 38.4 Å². The molecule has 11 nitrogen and oxygen atoms in total. The molecule has 1 aliphatic heterocycles. The van der Waals surface area contributed by atoms with E-state index in [0.717, 1.165) is 16.3 Å². The van der Waals surface area contributed by atoms with Gasteiger partial charge in [0.2, 0.25) is 5.88 Å². The molecule has 0 unspecified atom stereocenters. The molecule has 1 aliphatic rings. The van der Waals surface area contributed by atoms with Gasteiger partial charge in [0.25, 0.3) is 0 Å². The molecule has 0 saturated carbocycles. The van der Waals surface area contributed by atoms with Crippen LogP contribution in [0.15, 0.2) is 24.4 Å². The van der Waals surface area contributed by atoms with Crippen LogP contribution in [0.5, 0.6) is 5.88 Å². The van der Waals surface area contributed by atoms with Crippen LogP contribution in [0, 0.1) is 6.92 Å². The molecule has 15 heteroatoms. The van der Waals surface area contributed by atoms with E-state index < -0.39 is 36.3 Å². The quantitative estimate of drug-likeness (QED) is 0.456. The summed E-state index contributed by atoms with van der Waals surface area (Å²) in [4.78, 5) is 33.1. The molecule has 0 bridgehead atoms. The van der Waals surface area contributed by atoms with Gasteiger partial charge in [-0.25, -0.2) is 24.1 Å². The van der Waals surface area contributed by atoms with Crippen LogP contribution in [0.4, 0.5) is 34.1 Å². The molecule has 0 spiro atoms. The zero-order valence-corrected chi connectivity index (χ0v) is 20.0. The number of alkyl halides is 3. The maximum atomic E-state index is 14.2. The second-order valence-corrected chi connectivity index (χ2v) is 8.96. The number of ether oxygens (including phenoxy) is 1. The highest BCUT2D eigenvalue weighted by atomic mass is 35.5. The highest BCUT2D eigenvalue weighted by Gasteiger charge is 2.60. The molecule has 0 aromatic carbocycles. The van der Waals surface area contributed by atoms with Crippen molar-refractivity contribution in [1.29, 1.82) is 0 Å². The number of fused-ring (bicyclic) bond motifs is 3. The normalized spacial score (nSPS) is 18.1. The summed E-state index contributed by atoms with van der Waals surface area (Å²) in [5, 5.41) is 17.5. The van der Waals surface area contributed by atoms with Crippen LogP contribution in [-0.2, 0) is 5.41 Å². The van der Waals surface area contributed by atoms with Gasteiger partial charge in [-0.05, 0) is 26.8 Å². The van der Waals surface area contributed by atoms with Crippen LogP contribution in [0.1, 0.15) is 25.2 Å². The number of carboxylic acid groups (broad SMARTS) is 1. The summed E-state index contributed by atoms with van der Waals surface area (Å²) in [5.41, 5.74) is -1.95. The average Bonchev–Trinajstić information content (AvgIpc) is 3.28. The van der Waals surface area contributed by atoms with Gasteiger partial charge in [-0.15, -0.1) is 0 Å². The van der Waals surface area contributed by atoms with Crippen molar-refractivity contribution in [3.05, 3.63) is 40.9 Å². The van der Waals surface area contributed by atoms with E-state index in [0.29, 0.717) is 5.69 Å². The number of anilines is 2. The van der Waals surface area contributed by atoms with Crippen molar-refractivity contribution in [2.75, 3.05) is 23.4 Å². The van der Waals surface area contributed by atoms with E-state index in [9.17, 15) is 22.8 Å². The lowest BCUT2D eigenvalue weighted by molar-refractivity contribution is -0.181. The molecule has 192 valence electrons.